The van der Waals surface area contributed by atoms with Crippen molar-refractivity contribution in [2.45, 2.75) is 12.8 Å². The van der Waals surface area contributed by atoms with Gasteiger partial charge in [0.25, 0.3) is 0 Å². The molecule has 2 fully saturated rings. The van der Waals surface area contributed by atoms with Gasteiger partial charge in [0.2, 0.25) is 0 Å². The van der Waals surface area contributed by atoms with Crippen molar-refractivity contribution in [2.24, 2.45) is 5.41 Å². The molecule has 1 atom stereocenters. The number of hydrogen-bond acceptors (Lipinski definition) is 3. The fraction of sp³-hybridized carbons (Fsp3) is 0.857. The molecule has 0 amide bonds. The van der Waals surface area contributed by atoms with Gasteiger partial charge >= 0.3 is 5.97 Å². The normalized spacial score (nSPS) is 39.0. The summed E-state index contributed by atoms with van der Waals surface area (Å²) in [6, 6.07) is 0. The van der Waals surface area contributed by atoms with Crippen molar-refractivity contribution in [1.29, 1.82) is 0 Å². The SMILES string of the molecule is O=C1OCCC12CCNC2. The topological polar surface area (TPSA) is 38.3 Å². The van der Waals surface area contributed by atoms with Gasteiger partial charge in [0, 0.05) is 6.54 Å². The van der Waals surface area contributed by atoms with E-state index in [0.717, 1.165) is 25.9 Å². The molecule has 0 aromatic rings. The Morgan fingerprint density at radius 2 is 2.40 bits per heavy atom. The zero-order valence-electron chi connectivity index (χ0n) is 5.85. The minimum atomic E-state index is -0.125. The van der Waals surface area contributed by atoms with Gasteiger partial charge in [0.05, 0.1) is 12.0 Å². The number of rotatable bonds is 0. The van der Waals surface area contributed by atoms with E-state index < -0.39 is 0 Å². The molecule has 0 saturated carbocycles. The van der Waals surface area contributed by atoms with Gasteiger partial charge in [-0.3, -0.25) is 4.79 Å². The summed E-state index contributed by atoms with van der Waals surface area (Å²) in [6.07, 6.45) is 1.88. The van der Waals surface area contributed by atoms with Crippen LogP contribution in [0.25, 0.3) is 0 Å². The number of carbonyl (C=O) groups excluding carboxylic acids is 1. The first-order chi connectivity index (χ1) is 4.83. The Hall–Kier alpha value is -0.570. The second-order valence-electron chi connectivity index (χ2n) is 3.09. The Bertz CT molecular complexity index is 155. The maximum absolute atomic E-state index is 11.1. The van der Waals surface area contributed by atoms with Gasteiger partial charge < -0.3 is 10.1 Å². The first-order valence-electron chi connectivity index (χ1n) is 3.71. The number of nitrogens with one attached hydrogen (secondary N) is 1. The lowest BCUT2D eigenvalue weighted by Crippen LogP contribution is -2.28. The van der Waals surface area contributed by atoms with Gasteiger partial charge in [-0.1, -0.05) is 0 Å². The average Bonchev–Trinajstić information content (AvgIpc) is 2.48. The number of ether oxygens (including phenoxy) is 1. The molecule has 10 heavy (non-hydrogen) atoms. The van der Waals surface area contributed by atoms with Crippen LogP contribution in [0.1, 0.15) is 12.8 Å². The summed E-state index contributed by atoms with van der Waals surface area (Å²) in [5.41, 5.74) is -0.125. The highest BCUT2D eigenvalue weighted by Crippen LogP contribution is 2.35. The van der Waals surface area contributed by atoms with E-state index in [0.29, 0.717) is 6.61 Å². The van der Waals surface area contributed by atoms with Crippen molar-refractivity contribution < 1.29 is 9.53 Å². The van der Waals surface area contributed by atoms with E-state index in [1.807, 2.05) is 0 Å². The van der Waals surface area contributed by atoms with Gasteiger partial charge in [-0.2, -0.15) is 0 Å². The molecule has 2 heterocycles. The van der Waals surface area contributed by atoms with E-state index >= 15 is 0 Å². The Balaban J connectivity index is 2.19. The molecular formula is C7H11NO2. The van der Waals surface area contributed by atoms with Gasteiger partial charge in [-0.05, 0) is 19.4 Å². The monoisotopic (exact) mass is 141 g/mol. The second kappa shape index (κ2) is 1.95. The fourth-order valence-corrected chi connectivity index (χ4v) is 1.73. The minimum absolute atomic E-state index is 0.0116. The van der Waals surface area contributed by atoms with Gasteiger partial charge in [-0.25, -0.2) is 0 Å². The van der Waals surface area contributed by atoms with Crippen molar-refractivity contribution in [3.63, 3.8) is 0 Å². The third-order valence-corrected chi connectivity index (χ3v) is 2.49. The third-order valence-electron chi connectivity index (χ3n) is 2.49. The van der Waals surface area contributed by atoms with E-state index in [-0.39, 0.29) is 11.4 Å². The second-order valence-corrected chi connectivity index (χ2v) is 3.09. The number of hydrogen-bond donors (Lipinski definition) is 1. The summed E-state index contributed by atoms with van der Waals surface area (Å²) in [6.45, 7) is 2.42. The molecule has 2 saturated heterocycles. The lowest BCUT2D eigenvalue weighted by Gasteiger charge is -2.14. The van der Waals surface area contributed by atoms with Gasteiger partial charge in [0.1, 0.15) is 0 Å². The Kier molecular flexibility index (Phi) is 1.20. The third kappa shape index (κ3) is 0.669. The van der Waals surface area contributed by atoms with Crippen molar-refractivity contribution >= 4 is 5.97 Å². The van der Waals surface area contributed by atoms with Crippen LogP contribution in [0, 0.1) is 5.41 Å². The first-order valence-corrected chi connectivity index (χ1v) is 3.71. The summed E-state index contributed by atoms with van der Waals surface area (Å²) in [5.74, 6) is 0.0116. The average molecular weight is 141 g/mol. The molecule has 1 N–H and O–H groups in total. The predicted molar refractivity (Wildman–Crippen MR) is 35.5 cm³/mol. The summed E-state index contributed by atoms with van der Waals surface area (Å²) >= 11 is 0. The highest BCUT2D eigenvalue weighted by atomic mass is 16.5. The van der Waals surface area contributed by atoms with Crippen molar-refractivity contribution in [2.75, 3.05) is 19.7 Å². The van der Waals surface area contributed by atoms with Crippen molar-refractivity contribution in [3.05, 3.63) is 0 Å². The van der Waals surface area contributed by atoms with Crippen molar-refractivity contribution in [1.82, 2.24) is 5.32 Å². The predicted octanol–water partition coefficient (Wildman–Crippen LogP) is -0.0870. The molecule has 2 aliphatic heterocycles. The highest BCUT2D eigenvalue weighted by molar-refractivity contribution is 5.79. The molecule has 2 rings (SSSR count). The molecule has 2 aliphatic rings. The van der Waals surface area contributed by atoms with E-state index in [1.165, 1.54) is 0 Å². The summed E-state index contributed by atoms with van der Waals surface area (Å²) in [4.78, 5) is 11.1. The van der Waals surface area contributed by atoms with Crippen LogP contribution in [0.3, 0.4) is 0 Å². The molecule has 0 radical (unpaired) electrons. The largest absolute Gasteiger partial charge is 0.465 e. The molecule has 0 aliphatic carbocycles. The van der Waals surface area contributed by atoms with E-state index in [9.17, 15) is 4.79 Å². The zero-order chi connectivity index (χ0) is 7.03. The molecule has 1 unspecified atom stereocenters. The lowest BCUT2D eigenvalue weighted by atomic mass is 9.86. The van der Waals surface area contributed by atoms with E-state index in [1.54, 1.807) is 0 Å². The maximum Gasteiger partial charge on any atom is 0.313 e. The van der Waals surface area contributed by atoms with Crippen LogP contribution in [-0.4, -0.2) is 25.7 Å². The van der Waals surface area contributed by atoms with Crippen LogP contribution in [0.5, 0.6) is 0 Å². The molecule has 0 bridgehead atoms. The summed E-state index contributed by atoms with van der Waals surface area (Å²) in [7, 11) is 0. The van der Waals surface area contributed by atoms with E-state index in [4.69, 9.17) is 4.74 Å². The number of carbonyl (C=O) groups is 1. The van der Waals surface area contributed by atoms with Crippen LogP contribution in [0.4, 0.5) is 0 Å². The molecule has 0 aromatic carbocycles. The first kappa shape index (κ1) is 6.16. The Labute approximate surface area is 59.7 Å². The van der Waals surface area contributed by atoms with Crippen LogP contribution in [0.15, 0.2) is 0 Å². The highest BCUT2D eigenvalue weighted by Gasteiger charge is 2.46. The summed E-state index contributed by atoms with van der Waals surface area (Å²) in [5, 5.41) is 3.18. The Morgan fingerprint density at radius 1 is 1.50 bits per heavy atom. The molecule has 1 spiro atoms. The zero-order valence-corrected chi connectivity index (χ0v) is 5.85. The van der Waals surface area contributed by atoms with Gasteiger partial charge in [0.15, 0.2) is 0 Å². The summed E-state index contributed by atoms with van der Waals surface area (Å²) < 4.78 is 4.91. The standard InChI is InChI=1S/C7H11NO2/c9-6-7(2-4-10-6)1-3-8-5-7/h8H,1-5H2. The molecule has 0 aromatic heterocycles. The minimum Gasteiger partial charge on any atom is -0.465 e. The fourth-order valence-electron chi connectivity index (χ4n) is 1.73. The van der Waals surface area contributed by atoms with Crippen LogP contribution in [-0.2, 0) is 9.53 Å². The van der Waals surface area contributed by atoms with Gasteiger partial charge in [-0.15, -0.1) is 0 Å². The smallest absolute Gasteiger partial charge is 0.313 e. The Morgan fingerprint density at radius 3 is 2.90 bits per heavy atom. The number of esters is 1. The van der Waals surface area contributed by atoms with E-state index in [2.05, 4.69) is 5.32 Å². The van der Waals surface area contributed by atoms with Crippen LogP contribution >= 0.6 is 0 Å². The quantitative estimate of drug-likeness (QED) is 0.479. The van der Waals surface area contributed by atoms with Crippen molar-refractivity contribution in [3.8, 4) is 0 Å². The lowest BCUT2D eigenvalue weighted by molar-refractivity contribution is -0.145. The maximum atomic E-state index is 11.1. The number of cyclic esters (lactones) is 1. The molecule has 3 heteroatoms. The van der Waals surface area contributed by atoms with Crippen LogP contribution < -0.4 is 5.32 Å². The van der Waals surface area contributed by atoms with Crippen LogP contribution in [0.2, 0.25) is 0 Å². The molecule has 56 valence electrons. The molecular weight excluding hydrogens is 130 g/mol. The molecule has 3 nitrogen and oxygen atoms in total.